The molecule has 0 atom stereocenters. The topological polar surface area (TPSA) is 54.4 Å². The van der Waals surface area contributed by atoms with Crippen LogP contribution in [-0.4, -0.2) is 91.8 Å². The SMILES string of the molecule is [CsH].[LiH].[O]=[V](=[O])[OH]. The summed E-state index contributed by atoms with van der Waals surface area (Å²) < 4.78 is 24.4. The zero-order valence-corrected chi connectivity index (χ0v) is 3.11. The van der Waals surface area contributed by atoms with Crippen molar-refractivity contribution in [1.82, 2.24) is 0 Å². The van der Waals surface area contributed by atoms with E-state index in [0.717, 1.165) is 0 Å². The summed E-state index contributed by atoms with van der Waals surface area (Å²) in [5, 5.41) is 0. The van der Waals surface area contributed by atoms with E-state index in [1.807, 2.05) is 0 Å². The Bertz CT molecular complexity index is 59.2. The molecule has 6 heavy (non-hydrogen) atoms. The molecule has 0 aromatic heterocycles. The molecular formula is H3CsLiO3V. The second-order valence-corrected chi connectivity index (χ2v) is 0.981. The van der Waals surface area contributed by atoms with Crippen molar-refractivity contribution in [2.24, 2.45) is 0 Å². The molecule has 0 saturated carbocycles. The van der Waals surface area contributed by atoms with Crippen LogP contribution in [0.1, 0.15) is 0 Å². The molecule has 0 saturated heterocycles. The fourth-order valence-electron chi connectivity index (χ4n) is 0. The summed E-state index contributed by atoms with van der Waals surface area (Å²) in [4.78, 5) is 0. The maximum atomic E-state index is 8.67. The minimum atomic E-state index is -3.69. The van der Waals surface area contributed by atoms with Gasteiger partial charge in [0.25, 0.3) is 0 Å². The fraction of sp³-hybridized carbons (Fsp3) is 0. The van der Waals surface area contributed by atoms with Crippen molar-refractivity contribution in [2.45, 2.75) is 0 Å². The Hall–Kier alpha value is 2.79. The summed E-state index contributed by atoms with van der Waals surface area (Å²) in [5.74, 6) is 0. The van der Waals surface area contributed by atoms with E-state index in [1.165, 1.54) is 0 Å². The zero-order chi connectivity index (χ0) is 3.58. The van der Waals surface area contributed by atoms with Crippen molar-refractivity contribution >= 4 is 87.8 Å². The van der Waals surface area contributed by atoms with Crippen molar-refractivity contribution in [2.75, 3.05) is 0 Å². The van der Waals surface area contributed by atoms with Crippen LogP contribution in [-0.2, 0) is 22.7 Å². The van der Waals surface area contributed by atoms with Gasteiger partial charge in [-0.2, -0.15) is 0 Å². The van der Waals surface area contributed by atoms with E-state index < -0.39 is 15.4 Å². The fourth-order valence-corrected chi connectivity index (χ4v) is 0. The molecule has 0 fully saturated rings. The van der Waals surface area contributed by atoms with Crippen molar-refractivity contribution in [1.29, 1.82) is 0 Å². The third-order valence-electron chi connectivity index (χ3n) is 0. The standard InChI is InChI=1S/Cs.Li.H2O.2O.V.2H/h;;1H2;;;;;/q;;;;;+1;;/p-1. The molecule has 0 heterocycles. The van der Waals surface area contributed by atoms with Gasteiger partial charge in [-0.3, -0.25) is 0 Å². The van der Waals surface area contributed by atoms with Crippen molar-refractivity contribution < 1.29 is 26.8 Å². The van der Waals surface area contributed by atoms with Crippen LogP contribution in [0, 0.1) is 0 Å². The Labute approximate surface area is 111 Å². The maximum absolute atomic E-state index is 8.67. The normalized spacial score (nSPS) is 4.17. The van der Waals surface area contributed by atoms with E-state index in [1.54, 1.807) is 0 Å². The Morgan fingerprint density at radius 2 is 1.33 bits per heavy atom. The van der Waals surface area contributed by atoms with Crippen LogP contribution in [0.25, 0.3) is 0 Å². The molecule has 0 aliphatic rings. The van der Waals surface area contributed by atoms with Gasteiger partial charge in [0.2, 0.25) is 0 Å². The van der Waals surface area contributed by atoms with Crippen LogP contribution < -0.4 is 0 Å². The van der Waals surface area contributed by atoms with Crippen LogP contribution in [0.5, 0.6) is 0 Å². The Morgan fingerprint density at radius 3 is 1.33 bits per heavy atom. The van der Waals surface area contributed by atoms with Gasteiger partial charge in [-0.05, 0) is 0 Å². The van der Waals surface area contributed by atoms with Crippen molar-refractivity contribution in [3.8, 4) is 0 Å². The molecule has 3 nitrogen and oxygen atoms in total. The van der Waals surface area contributed by atoms with Gasteiger partial charge in [-0.25, -0.2) is 0 Å². The van der Waals surface area contributed by atoms with Gasteiger partial charge in [-0.15, -0.1) is 0 Å². The third kappa shape index (κ3) is 29.2. The van der Waals surface area contributed by atoms with Crippen molar-refractivity contribution in [3.05, 3.63) is 0 Å². The van der Waals surface area contributed by atoms with Crippen LogP contribution >= 0.6 is 0 Å². The molecule has 0 aromatic rings. The van der Waals surface area contributed by atoms with Gasteiger partial charge >= 0.3 is 115 Å². The van der Waals surface area contributed by atoms with Crippen LogP contribution in [0.4, 0.5) is 0 Å². The number of hydrogen-bond acceptors (Lipinski definition) is 2. The van der Waals surface area contributed by atoms with E-state index in [-0.39, 0.29) is 87.8 Å². The molecular weight excluding hydrogens is 239 g/mol. The Kier molecular flexibility index (Phi) is 28.4. The van der Waals surface area contributed by atoms with Gasteiger partial charge in [-0.1, -0.05) is 0 Å². The first kappa shape index (κ1) is 15.9. The van der Waals surface area contributed by atoms with E-state index in [4.69, 9.17) is 11.4 Å². The van der Waals surface area contributed by atoms with Gasteiger partial charge < -0.3 is 0 Å². The molecule has 0 aliphatic carbocycles. The summed E-state index contributed by atoms with van der Waals surface area (Å²) in [5.41, 5.74) is 0. The molecule has 0 aliphatic heterocycles. The van der Waals surface area contributed by atoms with Gasteiger partial charge in [0, 0.05) is 0 Å². The average molecular weight is 242 g/mol. The summed E-state index contributed by atoms with van der Waals surface area (Å²) in [6.07, 6.45) is 0. The molecule has 0 amide bonds. The first-order valence-electron chi connectivity index (χ1n) is 0.565. The van der Waals surface area contributed by atoms with E-state index in [2.05, 4.69) is 0 Å². The molecule has 28 valence electrons. The Morgan fingerprint density at radius 1 is 1.33 bits per heavy atom. The molecule has 0 unspecified atom stereocenters. The summed E-state index contributed by atoms with van der Waals surface area (Å²) in [7, 11) is 0. The summed E-state index contributed by atoms with van der Waals surface area (Å²) in [6.45, 7) is 0. The van der Waals surface area contributed by atoms with Gasteiger partial charge in [0.1, 0.15) is 0 Å². The quantitative estimate of drug-likeness (QED) is 0.495. The van der Waals surface area contributed by atoms with Crippen LogP contribution in [0.15, 0.2) is 0 Å². The molecule has 6 heteroatoms. The molecule has 1 N–H and O–H groups in total. The van der Waals surface area contributed by atoms with Crippen LogP contribution in [0.3, 0.4) is 0 Å². The van der Waals surface area contributed by atoms with Crippen molar-refractivity contribution in [3.63, 3.8) is 0 Å². The van der Waals surface area contributed by atoms with E-state index >= 15 is 0 Å². The Balaban J connectivity index is -0.0000000450. The predicted molar refractivity (Wildman–Crippen MR) is 17.9 cm³/mol. The molecule has 0 aromatic carbocycles. The number of hydrogen-bond donors (Lipinski definition) is 1. The molecule has 0 bridgehead atoms. The zero-order valence-electron chi connectivity index (χ0n) is 1.71. The van der Waals surface area contributed by atoms with Gasteiger partial charge in [0.05, 0.1) is 0 Å². The molecule has 0 spiro atoms. The first-order valence-corrected chi connectivity index (χ1v) is 2.33. The second kappa shape index (κ2) is 10.7. The van der Waals surface area contributed by atoms with E-state index in [0.29, 0.717) is 0 Å². The van der Waals surface area contributed by atoms with Crippen LogP contribution in [0.2, 0.25) is 0 Å². The minimum absolute atomic E-state index is 0. The molecule has 0 rings (SSSR count). The second-order valence-electron chi connectivity index (χ2n) is 0.238. The number of rotatable bonds is 0. The molecule has 0 radical (unpaired) electrons. The third-order valence-corrected chi connectivity index (χ3v) is 0. The predicted octanol–water partition coefficient (Wildman–Crippen LogP) is -2.09. The average Bonchev–Trinajstić information content (AvgIpc) is 0.811. The summed E-state index contributed by atoms with van der Waals surface area (Å²) in [6, 6.07) is 0. The van der Waals surface area contributed by atoms with Gasteiger partial charge in [0.15, 0.2) is 0 Å². The first-order chi connectivity index (χ1) is 1.73. The monoisotopic (exact) mass is 242 g/mol. The van der Waals surface area contributed by atoms with E-state index in [9.17, 15) is 0 Å². The summed E-state index contributed by atoms with van der Waals surface area (Å²) >= 11 is -3.69.